The molecule has 0 aliphatic carbocycles. The van der Waals surface area contributed by atoms with Gasteiger partial charge in [0.1, 0.15) is 5.75 Å². The fraction of sp³-hybridized carbons (Fsp3) is 0.240. The summed E-state index contributed by atoms with van der Waals surface area (Å²) in [5.41, 5.74) is 1.95. The van der Waals surface area contributed by atoms with Crippen molar-refractivity contribution in [2.24, 2.45) is 0 Å². The number of ketones is 1. The first-order chi connectivity index (χ1) is 15.3. The molecule has 1 atom stereocenters. The minimum absolute atomic E-state index is 0.0207. The number of nitrogens with zero attached hydrogens (tertiary/aromatic N) is 2. The van der Waals surface area contributed by atoms with Crippen molar-refractivity contribution in [3.05, 3.63) is 87.1 Å². The van der Waals surface area contributed by atoms with Gasteiger partial charge in [-0.05, 0) is 57.5 Å². The van der Waals surface area contributed by atoms with Gasteiger partial charge in [0, 0.05) is 5.69 Å². The Hall–Kier alpha value is -3.45. The van der Waals surface area contributed by atoms with E-state index in [1.54, 1.807) is 31.2 Å². The van der Waals surface area contributed by atoms with Crippen molar-refractivity contribution in [2.45, 2.75) is 39.8 Å². The molecule has 0 bridgehead atoms. The lowest BCUT2D eigenvalue weighted by molar-refractivity contribution is -0.117. The van der Waals surface area contributed by atoms with Crippen LogP contribution in [-0.4, -0.2) is 27.9 Å². The Balaban J connectivity index is 1.81. The summed E-state index contributed by atoms with van der Waals surface area (Å²) in [5.74, 6) is -0.846. The van der Waals surface area contributed by atoms with Crippen LogP contribution in [0, 0.1) is 13.8 Å². The Bertz CT molecular complexity index is 1200. The lowest BCUT2D eigenvalue weighted by Crippen LogP contribution is -2.31. The van der Waals surface area contributed by atoms with E-state index in [4.69, 9.17) is 4.74 Å². The lowest BCUT2D eigenvalue weighted by Gasteiger charge is -2.27. The van der Waals surface area contributed by atoms with E-state index in [2.05, 4.69) is 4.98 Å². The number of ether oxygens (including phenoxy) is 1. The van der Waals surface area contributed by atoms with E-state index in [0.29, 0.717) is 22.0 Å². The van der Waals surface area contributed by atoms with Gasteiger partial charge in [0.2, 0.25) is 5.78 Å². The zero-order chi connectivity index (χ0) is 23.0. The molecule has 0 saturated heterocycles. The normalized spacial score (nSPS) is 16.2. The molecule has 164 valence electrons. The van der Waals surface area contributed by atoms with Crippen molar-refractivity contribution in [1.29, 1.82) is 0 Å². The smallest absolute Gasteiger partial charge is 0.294 e. The molecule has 0 radical (unpaired) electrons. The van der Waals surface area contributed by atoms with Crippen molar-refractivity contribution in [2.75, 3.05) is 4.90 Å². The highest BCUT2D eigenvalue weighted by Crippen LogP contribution is 2.43. The number of hydrogen-bond acceptors (Lipinski definition) is 6. The highest BCUT2D eigenvalue weighted by atomic mass is 32.1. The molecule has 1 aliphatic heterocycles. The summed E-state index contributed by atoms with van der Waals surface area (Å²) < 4.78 is 5.70. The Morgan fingerprint density at radius 3 is 2.31 bits per heavy atom. The number of thiazole rings is 1. The topological polar surface area (TPSA) is 79.7 Å². The van der Waals surface area contributed by atoms with Gasteiger partial charge >= 0.3 is 0 Å². The molecule has 3 aromatic rings. The van der Waals surface area contributed by atoms with E-state index in [1.807, 2.05) is 51.1 Å². The molecule has 32 heavy (non-hydrogen) atoms. The summed E-state index contributed by atoms with van der Waals surface area (Å²) in [7, 11) is 0. The minimum Gasteiger partial charge on any atom is -0.503 e. The van der Waals surface area contributed by atoms with Gasteiger partial charge in [0.05, 0.1) is 33.3 Å². The van der Waals surface area contributed by atoms with E-state index in [0.717, 1.165) is 10.6 Å². The van der Waals surface area contributed by atoms with Crippen LogP contribution >= 0.6 is 11.3 Å². The highest BCUT2D eigenvalue weighted by molar-refractivity contribution is 7.14. The van der Waals surface area contributed by atoms with E-state index >= 15 is 0 Å². The zero-order valence-electron chi connectivity index (χ0n) is 18.3. The highest BCUT2D eigenvalue weighted by Gasteiger charge is 2.45. The van der Waals surface area contributed by atoms with Gasteiger partial charge in [-0.15, -0.1) is 11.3 Å². The zero-order valence-corrected chi connectivity index (χ0v) is 19.1. The van der Waals surface area contributed by atoms with E-state index < -0.39 is 17.7 Å². The van der Waals surface area contributed by atoms with Crippen molar-refractivity contribution < 1.29 is 19.4 Å². The average Bonchev–Trinajstić information content (AvgIpc) is 3.24. The number of anilines is 1. The van der Waals surface area contributed by atoms with E-state index in [1.165, 1.54) is 16.2 Å². The fourth-order valence-corrected chi connectivity index (χ4v) is 4.75. The van der Waals surface area contributed by atoms with Crippen LogP contribution in [-0.2, 0) is 4.79 Å². The maximum absolute atomic E-state index is 13.5. The number of aliphatic hydroxyl groups is 1. The van der Waals surface area contributed by atoms with Crippen LogP contribution in [0.3, 0.4) is 0 Å². The Labute approximate surface area is 190 Å². The third kappa shape index (κ3) is 3.91. The SMILES string of the molecule is Cc1nc(C)c(C(=O)C2=C(O)C(=O)N(c3ccc(OC(C)C)cc3)C2c2ccccc2)s1. The van der Waals surface area contributed by atoms with Crippen molar-refractivity contribution in [1.82, 2.24) is 4.98 Å². The quantitative estimate of drug-likeness (QED) is 0.516. The van der Waals surface area contributed by atoms with Crippen LogP contribution in [0.2, 0.25) is 0 Å². The van der Waals surface area contributed by atoms with Crippen LogP contribution in [0.5, 0.6) is 5.75 Å². The summed E-state index contributed by atoms with van der Waals surface area (Å²) >= 11 is 1.26. The monoisotopic (exact) mass is 448 g/mol. The van der Waals surface area contributed by atoms with Crippen molar-refractivity contribution in [3.8, 4) is 5.75 Å². The summed E-state index contributed by atoms with van der Waals surface area (Å²) in [4.78, 5) is 33.0. The van der Waals surface area contributed by atoms with Gasteiger partial charge in [-0.3, -0.25) is 14.5 Å². The molecule has 1 unspecified atom stereocenters. The first-order valence-corrected chi connectivity index (χ1v) is 11.2. The summed E-state index contributed by atoms with van der Waals surface area (Å²) in [6.45, 7) is 7.46. The van der Waals surface area contributed by atoms with Crippen molar-refractivity contribution in [3.63, 3.8) is 0 Å². The Morgan fingerprint density at radius 1 is 1.09 bits per heavy atom. The number of rotatable bonds is 6. The number of Topliss-reactive ketones (excluding diaryl/α,β-unsaturated/α-hetero) is 1. The van der Waals surface area contributed by atoms with Crippen LogP contribution < -0.4 is 9.64 Å². The molecule has 1 aliphatic rings. The second kappa shape index (κ2) is 8.59. The molecule has 0 spiro atoms. The minimum atomic E-state index is -0.755. The molecule has 1 amide bonds. The molecule has 1 N–H and O–H groups in total. The second-order valence-electron chi connectivity index (χ2n) is 7.89. The van der Waals surface area contributed by atoms with Gasteiger partial charge in [0.15, 0.2) is 5.76 Å². The molecule has 7 heteroatoms. The maximum atomic E-state index is 13.5. The average molecular weight is 449 g/mol. The number of carbonyl (C=O) groups excluding carboxylic acids is 2. The van der Waals surface area contributed by atoms with Gasteiger partial charge in [0.25, 0.3) is 5.91 Å². The predicted octanol–water partition coefficient (Wildman–Crippen LogP) is 5.33. The van der Waals surface area contributed by atoms with Crippen molar-refractivity contribution >= 4 is 28.7 Å². The number of amides is 1. The summed E-state index contributed by atoms with van der Waals surface area (Å²) in [5, 5.41) is 11.6. The standard InChI is InChI=1S/C25H24N2O4S/c1-14(2)31-19-12-10-18(11-13-19)27-21(17-8-6-5-7-9-17)20(23(29)25(27)30)22(28)24-15(3)26-16(4)32-24/h5-14,21,29H,1-4H3. The molecular formula is C25H24N2O4S. The third-order valence-corrected chi connectivity index (χ3v) is 6.24. The molecule has 0 fully saturated rings. The first-order valence-electron chi connectivity index (χ1n) is 10.3. The maximum Gasteiger partial charge on any atom is 0.294 e. The number of carbonyl (C=O) groups is 2. The number of benzene rings is 2. The fourth-order valence-electron chi connectivity index (χ4n) is 3.88. The lowest BCUT2D eigenvalue weighted by atomic mass is 9.95. The summed E-state index contributed by atoms with van der Waals surface area (Å²) in [6.07, 6.45) is 0.0207. The predicted molar refractivity (Wildman–Crippen MR) is 124 cm³/mol. The van der Waals surface area contributed by atoms with Crippen LogP contribution in [0.15, 0.2) is 65.9 Å². The van der Waals surface area contributed by atoms with Crippen LogP contribution in [0.1, 0.15) is 45.8 Å². The largest absolute Gasteiger partial charge is 0.503 e. The molecule has 6 nitrogen and oxygen atoms in total. The molecule has 4 rings (SSSR count). The van der Waals surface area contributed by atoms with Gasteiger partial charge in [-0.2, -0.15) is 0 Å². The molecule has 2 heterocycles. The third-order valence-electron chi connectivity index (χ3n) is 5.16. The Kier molecular flexibility index (Phi) is 5.84. The number of aryl methyl sites for hydroxylation is 2. The molecular weight excluding hydrogens is 424 g/mol. The van der Waals surface area contributed by atoms with Gasteiger partial charge in [-0.25, -0.2) is 4.98 Å². The van der Waals surface area contributed by atoms with Crippen LogP contribution in [0.4, 0.5) is 5.69 Å². The van der Waals surface area contributed by atoms with E-state index in [-0.39, 0.29) is 17.5 Å². The number of hydrogen-bond donors (Lipinski definition) is 1. The Morgan fingerprint density at radius 2 is 1.75 bits per heavy atom. The molecule has 0 saturated carbocycles. The number of aliphatic hydroxyl groups excluding tert-OH is 1. The summed E-state index contributed by atoms with van der Waals surface area (Å²) in [6, 6.07) is 15.6. The number of aromatic nitrogens is 1. The van der Waals surface area contributed by atoms with Gasteiger partial charge < -0.3 is 9.84 Å². The molecule has 2 aromatic carbocycles. The second-order valence-corrected chi connectivity index (χ2v) is 9.09. The van der Waals surface area contributed by atoms with E-state index in [9.17, 15) is 14.7 Å². The van der Waals surface area contributed by atoms with Gasteiger partial charge in [-0.1, -0.05) is 30.3 Å². The van der Waals surface area contributed by atoms with Crippen LogP contribution in [0.25, 0.3) is 0 Å². The molecule has 1 aromatic heterocycles. The first kappa shape index (κ1) is 21.8.